The van der Waals surface area contributed by atoms with Gasteiger partial charge in [0.1, 0.15) is 24.0 Å². The van der Waals surface area contributed by atoms with E-state index in [-0.39, 0.29) is 11.0 Å². The van der Waals surface area contributed by atoms with E-state index in [4.69, 9.17) is 4.74 Å². The lowest BCUT2D eigenvalue weighted by atomic mass is 9.71. The quantitative estimate of drug-likeness (QED) is 0.299. The van der Waals surface area contributed by atoms with Crippen LogP contribution in [-0.4, -0.2) is 49.8 Å². The number of benzene rings is 3. The maximum absolute atomic E-state index is 16.0. The van der Waals surface area contributed by atoms with Crippen molar-refractivity contribution in [2.24, 2.45) is 5.41 Å². The summed E-state index contributed by atoms with van der Waals surface area (Å²) in [5, 5.41) is 3.40. The van der Waals surface area contributed by atoms with Gasteiger partial charge in [0.2, 0.25) is 0 Å². The molecule has 0 radical (unpaired) electrons. The van der Waals surface area contributed by atoms with Crippen LogP contribution in [-0.2, 0) is 13.0 Å². The lowest BCUT2D eigenvalue weighted by molar-refractivity contribution is -0.155. The van der Waals surface area contributed by atoms with E-state index >= 15 is 8.78 Å². The second-order valence-corrected chi connectivity index (χ2v) is 12.4. The van der Waals surface area contributed by atoms with Crippen LogP contribution < -0.4 is 15.0 Å². The van der Waals surface area contributed by atoms with E-state index in [0.717, 1.165) is 49.9 Å². The first kappa shape index (κ1) is 29.9. The Balaban J connectivity index is 1.30. The van der Waals surface area contributed by atoms with Crippen LogP contribution in [0.4, 0.5) is 27.6 Å². The van der Waals surface area contributed by atoms with E-state index in [9.17, 15) is 13.2 Å². The Morgan fingerprint density at radius 3 is 2.23 bits per heavy atom. The van der Waals surface area contributed by atoms with Gasteiger partial charge in [-0.15, -0.1) is 0 Å². The molecule has 3 heterocycles. The smallest absolute Gasteiger partial charge is 0.401 e. The molecule has 6 rings (SSSR count). The average molecular weight is 600 g/mol. The van der Waals surface area contributed by atoms with E-state index < -0.39 is 36.4 Å². The van der Waals surface area contributed by atoms with Crippen molar-refractivity contribution in [3.8, 4) is 5.75 Å². The SMILES string of the molecule is C[C@@H]1Cc2cc(OCc3ccccc3)ccc2C(c2c(F)cc(N3CCC4(CCNCC4)CC3)cc2F)N1CC(F)(F)F. The first-order valence-corrected chi connectivity index (χ1v) is 15.2. The topological polar surface area (TPSA) is 27.7 Å². The Morgan fingerprint density at radius 1 is 0.907 bits per heavy atom. The van der Waals surface area contributed by atoms with Gasteiger partial charge in [0.05, 0.1) is 12.6 Å². The Labute approximate surface area is 249 Å². The van der Waals surface area contributed by atoms with Gasteiger partial charge in [-0.2, -0.15) is 13.2 Å². The van der Waals surface area contributed by atoms with Crippen LogP contribution in [0.25, 0.3) is 0 Å². The van der Waals surface area contributed by atoms with E-state index in [1.54, 1.807) is 25.1 Å². The van der Waals surface area contributed by atoms with Crippen LogP contribution >= 0.6 is 0 Å². The minimum Gasteiger partial charge on any atom is -0.489 e. The molecule has 2 atom stereocenters. The highest BCUT2D eigenvalue weighted by molar-refractivity contribution is 5.53. The molecular weight excluding hydrogens is 561 g/mol. The van der Waals surface area contributed by atoms with Crippen LogP contribution in [0.15, 0.2) is 60.7 Å². The van der Waals surface area contributed by atoms with Crippen molar-refractivity contribution in [3.63, 3.8) is 0 Å². The molecule has 3 aromatic rings. The fourth-order valence-corrected chi connectivity index (χ4v) is 7.21. The highest BCUT2D eigenvalue weighted by atomic mass is 19.4. The molecule has 0 amide bonds. The molecule has 4 nitrogen and oxygen atoms in total. The second-order valence-electron chi connectivity index (χ2n) is 12.4. The summed E-state index contributed by atoms with van der Waals surface area (Å²) in [5.74, 6) is -1.08. The van der Waals surface area contributed by atoms with Gasteiger partial charge in [0.15, 0.2) is 0 Å². The number of anilines is 1. The molecule has 1 unspecified atom stereocenters. The van der Waals surface area contributed by atoms with Gasteiger partial charge in [0.25, 0.3) is 0 Å². The molecule has 0 aliphatic carbocycles. The molecule has 0 saturated carbocycles. The molecule has 1 spiro atoms. The van der Waals surface area contributed by atoms with Gasteiger partial charge in [-0.05, 0) is 98.5 Å². The minimum atomic E-state index is -4.53. The monoisotopic (exact) mass is 599 g/mol. The van der Waals surface area contributed by atoms with Crippen LogP contribution in [0.2, 0.25) is 0 Å². The van der Waals surface area contributed by atoms with E-state index in [1.807, 2.05) is 35.2 Å². The van der Waals surface area contributed by atoms with Crippen molar-refractivity contribution >= 4 is 5.69 Å². The Bertz CT molecular complexity index is 1390. The van der Waals surface area contributed by atoms with Gasteiger partial charge in [-0.1, -0.05) is 36.4 Å². The molecule has 2 saturated heterocycles. The molecule has 0 bridgehead atoms. The standard InChI is InChI=1S/C34H38F5N3O/c1-23-17-25-18-27(43-21-24-5-3-2-4-6-24)7-8-28(25)32(42(23)22-34(37,38)39)31-29(35)19-26(20-30(31)36)41-15-11-33(12-16-41)9-13-40-14-10-33/h2-8,18-20,23,32,40H,9-17,21-22H2,1H3/t23-,32?/m1/s1. The van der Waals surface area contributed by atoms with Gasteiger partial charge in [-0.25, -0.2) is 8.78 Å². The summed E-state index contributed by atoms with van der Waals surface area (Å²) < 4.78 is 79.4. The predicted octanol–water partition coefficient (Wildman–Crippen LogP) is 7.41. The molecule has 2 fully saturated rings. The molecule has 1 N–H and O–H groups in total. The fourth-order valence-electron chi connectivity index (χ4n) is 7.21. The maximum Gasteiger partial charge on any atom is 0.401 e. The number of hydrogen-bond donors (Lipinski definition) is 1. The third kappa shape index (κ3) is 6.53. The molecule has 9 heteroatoms. The van der Waals surface area contributed by atoms with Crippen molar-refractivity contribution < 1.29 is 26.7 Å². The van der Waals surface area contributed by atoms with Gasteiger partial charge < -0.3 is 15.0 Å². The summed E-state index contributed by atoms with van der Waals surface area (Å²) >= 11 is 0. The molecule has 230 valence electrons. The zero-order valence-electron chi connectivity index (χ0n) is 24.4. The lowest BCUT2D eigenvalue weighted by Gasteiger charge is -2.45. The predicted molar refractivity (Wildman–Crippen MR) is 157 cm³/mol. The third-order valence-electron chi connectivity index (χ3n) is 9.62. The van der Waals surface area contributed by atoms with E-state index in [0.29, 0.717) is 43.1 Å². The number of alkyl halides is 3. The Hall–Kier alpha value is -3.17. The summed E-state index contributed by atoms with van der Waals surface area (Å²) in [4.78, 5) is 3.18. The summed E-state index contributed by atoms with van der Waals surface area (Å²) in [7, 11) is 0. The highest BCUT2D eigenvalue weighted by Gasteiger charge is 2.43. The Kier molecular flexibility index (Phi) is 8.39. The number of hydrogen-bond acceptors (Lipinski definition) is 4. The third-order valence-corrected chi connectivity index (χ3v) is 9.62. The number of nitrogens with zero attached hydrogens (tertiary/aromatic N) is 2. The van der Waals surface area contributed by atoms with Crippen LogP contribution in [0, 0.1) is 17.0 Å². The van der Waals surface area contributed by atoms with Crippen LogP contribution in [0.3, 0.4) is 0 Å². The summed E-state index contributed by atoms with van der Waals surface area (Å²) in [6.07, 6.45) is -0.0983. The Morgan fingerprint density at radius 2 is 1.58 bits per heavy atom. The number of rotatable bonds is 6. The number of halogens is 5. The zero-order valence-corrected chi connectivity index (χ0v) is 24.4. The van der Waals surface area contributed by atoms with E-state index in [2.05, 4.69) is 5.32 Å². The largest absolute Gasteiger partial charge is 0.489 e. The summed E-state index contributed by atoms with van der Waals surface area (Å²) in [6.45, 7) is 4.13. The number of ether oxygens (including phenoxy) is 1. The molecule has 0 aromatic heterocycles. The van der Waals surface area contributed by atoms with Crippen molar-refractivity contribution in [1.82, 2.24) is 10.2 Å². The van der Waals surface area contributed by atoms with Gasteiger partial charge in [-0.3, -0.25) is 4.90 Å². The minimum absolute atomic E-state index is 0.280. The lowest BCUT2D eigenvalue weighted by Crippen LogP contribution is -2.47. The van der Waals surface area contributed by atoms with Gasteiger partial charge in [0, 0.05) is 30.4 Å². The fraction of sp³-hybridized carbons (Fsp3) is 0.471. The normalized spacial score (nSPS) is 22.4. The van der Waals surface area contributed by atoms with Crippen LogP contribution in [0.1, 0.15) is 60.9 Å². The van der Waals surface area contributed by atoms with Crippen molar-refractivity contribution in [2.75, 3.05) is 37.6 Å². The first-order chi connectivity index (χ1) is 20.6. The number of nitrogens with one attached hydrogen (secondary N) is 1. The highest BCUT2D eigenvalue weighted by Crippen LogP contribution is 2.45. The van der Waals surface area contributed by atoms with Crippen molar-refractivity contribution in [2.45, 2.75) is 63.9 Å². The first-order valence-electron chi connectivity index (χ1n) is 15.2. The van der Waals surface area contributed by atoms with Gasteiger partial charge >= 0.3 is 6.18 Å². The number of piperidine rings is 2. The summed E-state index contributed by atoms with van der Waals surface area (Å²) in [6, 6.07) is 15.5. The van der Waals surface area contributed by atoms with Crippen molar-refractivity contribution in [1.29, 1.82) is 0 Å². The molecule has 3 aliphatic rings. The molecule has 3 aromatic carbocycles. The average Bonchev–Trinajstić information content (AvgIpc) is 2.98. The molecular formula is C34H38F5N3O. The zero-order chi connectivity index (χ0) is 30.2. The second kappa shape index (κ2) is 12.1. The molecule has 3 aliphatic heterocycles. The molecule has 43 heavy (non-hydrogen) atoms. The van der Waals surface area contributed by atoms with Crippen molar-refractivity contribution in [3.05, 3.63) is 94.6 Å². The van der Waals surface area contributed by atoms with E-state index in [1.165, 1.54) is 17.0 Å². The number of fused-ring (bicyclic) bond motifs is 1. The van der Waals surface area contributed by atoms with Crippen LogP contribution in [0.5, 0.6) is 5.75 Å². The maximum atomic E-state index is 16.0. The summed E-state index contributed by atoms with van der Waals surface area (Å²) in [5.41, 5.74) is 2.55.